The zero-order valence-electron chi connectivity index (χ0n) is 12.7. The second-order valence-corrected chi connectivity index (χ2v) is 5.70. The number of nitrogens with one attached hydrogen (secondary N) is 1. The normalized spacial score (nSPS) is 11.5. The molecule has 0 aliphatic carbocycles. The quantitative estimate of drug-likeness (QED) is 0.675. The van der Waals surface area contributed by atoms with Gasteiger partial charge in [-0.15, -0.1) is 13.2 Å². The molecule has 0 bridgehead atoms. The van der Waals surface area contributed by atoms with Crippen molar-refractivity contribution in [3.8, 4) is 0 Å². The third-order valence-electron chi connectivity index (χ3n) is 2.93. The molecule has 1 aromatic heterocycles. The van der Waals surface area contributed by atoms with Gasteiger partial charge in [-0.1, -0.05) is 12.2 Å². The highest BCUT2D eigenvalue weighted by atomic mass is 79.9. The third-order valence-corrected chi connectivity index (χ3v) is 3.34. The third kappa shape index (κ3) is 5.85. The SMILES string of the molecule is C=CCN(CC=C)C(=O)C(C)NC(=O)CCn1cc(Br)cn1. The fraction of sp³-hybridized carbons (Fsp3) is 0.400. The summed E-state index contributed by atoms with van der Waals surface area (Å²) in [5.41, 5.74) is 0. The largest absolute Gasteiger partial charge is 0.345 e. The van der Waals surface area contributed by atoms with Crippen LogP contribution in [-0.4, -0.2) is 45.6 Å². The first-order valence-corrected chi connectivity index (χ1v) is 7.75. The molecule has 7 heteroatoms. The number of aryl methyl sites for hydroxylation is 1. The maximum absolute atomic E-state index is 12.2. The van der Waals surface area contributed by atoms with E-state index in [1.165, 1.54) is 0 Å². The zero-order chi connectivity index (χ0) is 16.5. The Morgan fingerprint density at radius 3 is 2.59 bits per heavy atom. The van der Waals surface area contributed by atoms with Crippen molar-refractivity contribution in [3.05, 3.63) is 42.2 Å². The lowest BCUT2D eigenvalue weighted by Crippen LogP contribution is -2.47. The second-order valence-electron chi connectivity index (χ2n) is 4.78. The number of hydrogen-bond donors (Lipinski definition) is 1. The topological polar surface area (TPSA) is 67.2 Å². The number of rotatable bonds is 9. The van der Waals surface area contributed by atoms with E-state index < -0.39 is 6.04 Å². The maximum atomic E-state index is 12.2. The van der Waals surface area contributed by atoms with Gasteiger partial charge in [-0.25, -0.2) is 0 Å². The summed E-state index contributed by atoms with van der Waals surface area (Å²) in [6, 6.07) is -0.586. The van der Waals surface area contributed by atoms with Gasteiger partial charge in [0.15, 0.2) is 0 Å². The van der Waals surface area contributed by atoms with Crippen LogP contribution in [-0.2, 0) is 16.1 Å². The van der Waals surface area contributed by atoms with E-state index in [4.69, 9.17) is 0 Å². The van der Waals surface area contributed by atoms with Crippen molar-refractivity contribution >= 4 is 27.7 Å². The molecule has 0 radical (unpaired) electrons. The van der Waals surface area contributed by atoms with Crippen LogP contribution in [0.4, 0.5) is 0 Å². The summed E-state index contributed by atoms with van der Waals surface area (Å²) in [6.45, 7) is 10.2. The molecule has 0 aliphatic rings. The zero-order valence-corrected chi connectivity index (χ0v) is 14.3. The Hall–Kier alpha value is -1.89. The molecule has 22 heavy (non-hydrogen) atoms. The first-order chi connectivity index (χ1) is 10.5. The number of hydrogen-bond acceptors (Lipinski definition) is 3. The van der Waals surface area contributed by atoms with Gasteiger partial charge >= 0.3 is 0 Å². The maximum Gasteiger partial charge on any atom is 0.245 e. The summed E-state index contributed by atoms with van der Waals surface area (Å²) in [7, 11) is 0. The fourth-order valence-corrected chi connectivity index (χ4v) is 2.22. The first kappa shape index (κ1) is 18.2. The van der Waals surface area contributed by atoms with Gasteiger partial charge in [0.2, 0.25) is 11.8 Å². The van der Waals surface area contributed by atoms with E-state index in [9.17, 15) is 9.59 Å². The van der Waals surface area contributed by atoms with E-state index in [0.29, 0.717) is 19.6 Å². The van der Waals surface area contributed by atoms with Crippen molar-refractivity contribution in [1.29, 1.82) is 0 Å². The average Bonchev–Trinajstić information content (AvgIpc) is 2.89. The van der Waals surface area contributed by atoms with Crippen molar-refractivity contribution in [1.82, 2.24) is 20.0 Å². The Morgan fingerprint density at radius 2 is 2.09 bits per heavy atom. The molecule has 0 aromatic carbocycles. The highest BCUT2D eigenvalue weighted by molar-refractivity contribution is 9.10. The highest BCUT2D eigenvalue weighted by Crippen LogP contribution is 2.06. The van der Waals surface area contributed by atoms with Crippen molar-refractivity contribution in [2.75, 3.05) is 13.1 Å². The monoisotopic (exact) mass is 368 g/mol. The molecule has 6 nitrogen and oxygen atoms in total. The van der Waals surface area contributed by atoms with E-state index in [-0.39, 0.29) is 18.2 Å². The Kier molecular flexibility index (Phi) is 7.59. The summed E-state index contributed by atoms with van der Waals surface area (Å²) < 4.78 is 2.53. The molecule has 1 atom stereocenters. The van der Waals surface area contributed by atoms with Gasteiger partial charge in [0.1, 0.15) is 6.04 Å². The lowest BCUT2D eigenvalue weighted by atomic mass is 10.2. The predicted octanol–water partition coefficient (Wildman–Crippen LogP) is 1.74. The van der Waals surface area contributed by atoms with Crippen LogP contribution in [0.15, 0.2) is 42.2 Å². The summed E-state index contributed by atoms with van der Waals surface area (Å²) in [4.78, 5) is 25.7. The minimum Gasteiger partial charge on any atom is -0.345 e. The van der Waals surface area contributed by atoms with E-state index in [2.05, 4.69) is 39.5 Å². The average molecular weight is 369 g/mol. The van der Waals surface area contributed by atoms with Crippen molar-refractivity contribution in [2.24, 2.45) is 0 Å². The number of aromatic nitrogens is 2. The van der Waals surface area contributed by atoms with Gasteiger partial charge in [-0.05, 0) is 22.9 Å². The number of carbonyl (C=O) groups excluding carboxylic acids is 2. The second kappa shape index (κ2) is 9.19. The molecule has 1 unspecified atom stereocenters. The Morgan fingerprint density at radius 1 is 1.45 bits per heavy atom. The van der Waals surface area contributed by atoms with Gasteiger partial charge in [0.05, 0.1) is 10.7 Å². The van der Waals surface area contributed by atoms with Crippen LogP contribution < -0.4 is 5.32 Å². The van der Waals surface area contributed by atoms with Crippen LogP contribution >= 0.6 is 15.9 Å². The molecule has 0 fully saturated rings. The Bertz CT molecular complexity index is 531. The summed E-state index contributed by atoms with van der Waals surface area (Å²) in [6.07, 6.45) is 7.00. The molecular weight excluding hydrogens is 348 g/mol. The highest BCUT2D eigenvalue weighted by Gasteiger charge is 2.20. The first-order valence-electron chi connectivity index (χ1n) is 6.95. The van der Waals surface area contributed by atoms with E-state index in [0.717, 1.165) is 4.47 Å². The molecule has 0 aliphatic heterocycles. The van der Waals surface area contributed by atoms with Crippen LogP contribution in [0.25, 0.3) is 0 Å². The van der Waals surface area contributed by atoms with E-state index in [1.54, 1.807) is 41.1 Å². The van der Waals surface area contributed by atoms with Crippen LogP contribution in [0.3, 0.4) is 0 Å². The van der Waals surface area contributed by atoms with Crippen LogP contribution in [0.1, 0.15) is 13.3 Å². The van der Waals surface area contributed by atoms with Crippen molar-refractivity contribution in [3.63, 3.8) is 0 Å². The minimum atomic E-state index is -0.586. The Labute approximate surface area is 139 Å². The van der Waals surface area contributed by atoms with E-state index >= 15 is 0 Å². The minimum absolute atomic E-state index is 0.157. The van der Waals surface area contributed by atoms with Crippen LogP contribution in [0.2, 0.25) is 0 Å². The molecule has 0 saturated carbocycles. The number of carbonyl (C=O) groups is 2. The molecule has 1 aromatic rings. The molecular formula is C15H21BrN4O2. The van der Waals surface area contributed by atoms with Gasteiger partial charge in [-0.3, -0.25) is 14.3 Å². The molecule has 1 N–H and O–H groups in total. The molecule has 120 valence electrons. The van der Waals surface area contributed by atoms with Gasteiger partial charge in [0, 0.05) is 32.3 Å². The van der Waals surface area contributed by atoms with Gasteiger partial charge in [0.25, 0.3) is 0 Å². The molecule has 2 amide bonds. The Balaban J connectivity index is 2.46. The molecule has 0 spiro atoms. The smallest absolute Gasteiger partial charge is 0.245 e. The number of nitrogens with zero attached hydrogens (tertiary/aromatic N) is 3. The molecule has 1 heterocycles. The number of halogens is 1. The molecule has 1 rings (SSSR count). The summed E-state index contributed by atoms with van der Waals surface area (Å²) in [5.74, 6) is -0.348. The van der Waals surface area contributed by atoms with E-state index in [1.807, 2.05) is 0 Å². The number of amides is 2. The lowest BCUT2D eigenvalue weighted by molar-refractivity contribution is -0.135. The van der Waals surface area contributed by atoms with Crippen molar-refractivity contribution in [2.45, 2.75) is 25.9 Å². The predicted molar refractivity (Wildman–Crippen MR) is 89.1 cm³/mol. The molecule has 0 saturated heterocycles. The fourth-order valence-electron chi connectivity index (χ4n) is 1.89. The van der Waals surface area contributed by atoms with Crippen LogP contribution in [0, 0.1) is 0 Å². The van der Waals surface area contributed by atoms with Gasteiger partial charge in [-0.2, -0.15) is 5.10 Å². The summed E-state index contributed by atoms with van der Waals surface area (Å²) in [5, 5.41) is 6.77. The van der Waals surface area contributed by atoms with Gasteiger partial charge < -0.3 is 10.2 Å². The standard InChI is InChI=1S/C15H21BrN4O2/c1-4-7-19(8-5-2)15(22)12(3)18-14(21)6-9-20-11-13(16)10-17-20/h4-5,10-12H,1-2,6-9H2,3H3,(H,18,21). The lowest BCUT2D eigenvalue weighted by Gasteiger charge is -2.23. The van der Waals surface area contributed by atoms with Crippen molar-refractivity contribution < 1.29 is 9.59 Å². The van der Waals surface area contributed by atoms with Crippen LogP contribution in [0.5, 0.6) is 0 Å². The summed E-state index contributed by atoms with van der Waals surface area (Å²) >= 11 is 3.29.